The van der Waals surface area contributed by atoms with Crippen LogP contribution < -0.4 is 15.4 Å². The van der Waals surface area contributed by atoms with E-state index in [-0.39, 0.29) is 17.5 Å². The van der Waals surface area contributed by atoms with Crippen LogP contribution in [-0.2, 0) is 11.3 Å². The van der Waals surface area contributed by atoms with Gasteiger partial charge in [0, 0.05) is 30.7 Å². The molecule has 1 heterocycles. The van der Waals surface area contributed by atoms with Gasteiger partial charge in [0.1, 0.15) is 5.75 Å². The first-order valence-corrected chi connectivity index (χ1v) is 7.35. The van der Waals surface area contributed by atoms with Crippen LogP contribution in [0.25, 0.3) is 0 Å². The molecule has 0 fully saturated rings. The Morgan fingerprint density at radius 2 is 2.09 bits per heavy atom. The molecule has 0 aliphatic rings. The number of nitrogens with one attached hydrogen (secondary N) is 2. The van der Waals surface area contributed by atoms with Crippen LogP contribution in [-0.4, -0.2) is 24.5 Å². The van der Waals surface area contributed by atoms with Gasteiger partial charge in [-0.2, -0.15) is 0 Å². The number of hydrogen-bond acceptors (Lipinski definition) is 6. The molecular weight excluding hydrogens is 306 g/mol. The summed E-state index contributed by atoms with van der Waals surface area (Å²) in [4.78, 5) is 21.3. The van der Waals surface area contributed by atoms with Gasteiger partial charge in [-0.3, -0.25) is 14.9 Å². The van der Waals surface area contributed by atoms with Crippen molar-refractivity contribution >= 4 is 27.9 Å². The van der Waals surface area contributed by atoms with Crippen molar-refractivity contribution in [2.45, 2.75) is 6.54 Å². The van der Waals surface area contributed by atoms with Crippen LogP contribution in [0.4, 0.5) is 10.7 Å². The number of nitrogens with zero attached hydrogens (tertiary/aromatic N) is 1. The van der Waals surface area contributed by atoms with E-state index < -0.39 is 4.92 Å². The number of carbonyl (C=O) groups is 1. The number of hydrogen-bond donors (Lipinski definition) is 2. The first-order valence-electron chi connectivity index (χ1n) is 6.47. The molecule has 0 aliphatic heterocycles. The summed E-state index contributed by atoms with van der Waals surface area (Å²) >= 11 is 1.11. The average molecular weight is 321 g/mol. The summed E-state index contributed by atoms with van der Waals surface area (Å²) < 4.78 is 5.29. The standard InChI is InChI=1S/C14H15N3O4S/c1-15-13(18)8-21-12-4-2-11(3-5-12)16-7-10-6-14(17(19)20)22-9-10/h2-6,9,16H,7-8H2,1H3,(H,15,18). The Balaban J connectivity index is 1.85. The fraction of sp³-hybridized carbons (Fsp3) is 0.214. The van der Waals surface area contributed by atoms with Crippen LogP contribution in [0.5, 0.6) is 5.75 Å². The Kier molecular flexibility index (Phi) is 5.31. The third-order valence-electron chi connectivity index (χ3n) is 2.82. The van der Waals surface area contributed by atoms with Crippen LogP contribution in [0.2, 0.25) is 0 Å². The van der Waals surface area contributed by atoms with Crippen molar-refractivity contribution in [3.05, 3.63) is 51.4 Å². The third kappa shape index (κ3) is 4.45. The Labute approximate surface area is 131 Å². The van der Waals surface area contributed by atoms with E-state index >= 15 is 0 Å². The van der Waals surface area contributed by atoms with E-state index in [4.69, 9.17) is 4.74 Å². The van der Waals surface area contributed by atoms with E-state index in [1.807, 2.05) is 12.1 Å². The Morgan fingerprint density at radius 3 is 2.68 bits per heavy atom. The summed E-state index contributed by atoms with van der Waals surface area (Å²) in [6.45, 7) is 0.477. The summed E-state index contributed by atoms with van der Waals surface area (Å²) in [6, 6.07) is 8.70. The monoisotopic (exact) mass is 321 g/mol. The molecule has 2 N–H and O–H groups in total. The number of nitro groups is 1. The van der Waals surface area contributed by atoms with Crippen molar-refractivity contribution in [1.82, 2.24) is 5.32 Å². The van der Waals surface area contributed by atoms with Crippen molar-refractivity contribution in [2.75, 3.05) is 19.0 Å². The Morgan fingerprint density at radius 1 is 1.36 bits per heavy atom. The molecule has 0 atom stereocenters. The van der Waals surface area contributed by atoms with E-state index in [0.29, 0.717) is 12.3 Å². The van der Waals surface area contributed by atoms with Gasteiger partial charge in [-0.25, -0.2) is 0 Å². The lowest BCUT2D eigenvalue weighted by molar-refractivity contribution is -0.380. The maximum atomic E-state index is 11.1. The number of carbonyl (C=O) groups excluding carboxylic acids is 1. The van der Waals surface area contributed by atoms with E-state index in [0.717, 1.165) is 22.6 Å². The highest BCUT2D eigenvalue weighted by Crippen LogP contribution is 2.23. The smallest absolute Gasteiger partial charge is 0.324 e. The minimum atomic E-state index is -0.396. The van der Waals surface area contributed by atoms with E-state index in [9.17, 15) is 14.9 Å². The van der Waals surface area contributed by atoms with Gasteiger partial charge < -0.3 is 15.4 Å². The molecule has 0 bridgehead atoms. The molecule has 2 rings (SSSR count). The largest absolute Gasteiger partial charge is 0.484 e. The van der Waals surface area contributed by atoms with Crippen LogP contribution >= 0.6 is 11.3 Å². The molecule has 1 amide bonds. The maximum Gasteiger partial charge on any atom is 0.324 e. The summed E-state index contributed by atoms with van der Waals surface area (Å²) in [7, 11) is 1.55. The number of benzene rings is 1. The predicted molar refractivity (Wildman–Crippen MR) is 84.3 cm³/mol. The highest BCUT2D eigenvalue weighted by atomic mass is 32.1. The maximum absolute atomic E-state index is 11.1. The van der Waals surface area contributed by atoms with Gasteiger partial charge >= 0.3 is 5.00 Å². The van der Waals surface area contributed by atoms with Crippen molar-refractivity contribution in [3.8, 4) is 5.75 Å². The van der Waals surface area contributed by atoms with Crippen LogP contribution in [0.15, 0.2) is 35.7 Å². The molecular formula is C14H15N3O4S. The Hall–Kier alpha value is -2.61. The second-order valence-corrected chi connectivity index (χ2v) is 5.28. The van der Waals surface area contributed by atoms with Crippen molar-refractivity contribution in [2.24, 2.45) is 0 Å². The van der Waals surface area contributed by atoms with Gasteiger partial charge in [0.25, 0.3) is 5.91 Å². The fourth-order valence-corrected chi connectivity index (χ4v) is 2.37. The number of anilines is 1. The topological polar surface area (TPSA) is 93.5 Å². The predicted octanol–water partition coefficient (Wildman–Crippen LogP) is 2.39. The SMILES string of the molecule is CNC(=O)COc1ccc(NCc2csc([N+](=O)[O-])c2)cc1. The van der Waals surface area contributed by atoms with Crippen LogP contribution in [0, 0.1) is 10.1 Å². The number of likely N-dealkylation sites (N-methyl/N-ethyl adjacent to an activating group) is 1. The lowest BCUT2D eigenvalue weighted by Gasteiger charge is -2.08. The fourth-order valence-electron chi connectivity index (χ4n) is 1.65. The minimum absolute atomic E-state index is 0.0259. The quantitative estimate of drug-likeness (QED) is 0.603. The highest BCUT2D eigenvalue weighted by molar-refractivity contribution is 7.13. The lowest BCUT2D eigenvalue weighted by atomic mass is 10.2. The van der Waals surface area contributed by atoms with Gasteiger partial charge in [-0.15, -0.1) is 0 Å². The van der Waals surface area contributed by atoms with Gasteiger partial charge in [0.05, 0.1) is 4.92 Å². The zero-order chi connectivity index (χ0) is 15.9. The molecule has 22 heavy (non-hydrogen) atoms. The molecule has 8 heteroatoms. The Bertz CT molecular complexity index is 654. The van der Waals surface area contributed by atoms with E-state index in [2.05, 4.69) is 10.6 Å². The molecule has 1 aromatic heterocycles. The van der Waals surface area contributed by atoms with Gasteiger partial charge in [0.15, 0.2) is 6.61 Å². The number of amides is 1. The molecule has 0 radical (unpaired) electrons. The van der Waals surface area contributed by atoms with Crippen molar-refractivity contribution in [3.63, 3.8) is 0 Å². The lowest BCUT2D eigenvalue weighted by Crippen LogP contribution is -2.24. The molecule has 2 aromatic rings. The van der Waals surface area contributed by atoms with E-state index in [1.165, 1.54) is 0 Å². The van der Waals surface area contributed by atoms with Crippen molar-refractivity contribution < 1.29 is 14.5 Å². The normalized spacial score (nSPS) is 10.0. The van der Waals surface area contributed by atoms with Crippen molar-refractivity contribution in [1.29, 1.82) is 0 Å². The molecule has 1 aromatic carbocycles. The third-order valence-corrected chi connectivity index (χ3v) is 3.75. The molecule has 0 unspecified atom stereocenters. The summed E-state index contributed by atoms with van der Waals surface area (Å²) in [5, 5.41) is 18.1. The highest BCUT2D eigenvalue weighted by Gasteiger charge is 2.09. The molecule has 116 valence electrons. The first kappa shape index (κ1) is 15.8. The summed E-state index contributed by atoms with van der Waals surface area (Å²) in [5.41, 5.74) is 1.72. The second-order valence-electron chi connectivity index (χ2n) is 4.39. The zero-order valence-electron chi connectivity index (χ0n) is 11.9. The van der Waals surface area contributed by atoms with E-state index in [1.54, 1.807) is 30.6 Å². The first-order chi connectivity index (χ1) is 10.6. The molecule has 0 saturated heterocycles. The van der Waals surface area contributed by atoms with Gasteiger partial charge in [0.2, 0.25) is 0 Å². The van der Waals surface area contributed by atoms with Crippen LogP contribution in [0.3, 0.4) is 0 Å². The van der Waals surface area contributed by atoms with Crippen LogP contribution in [0.1, 0.15) is 5.56 Å². The zero-order valence-corrected chi connectivity index (χ0v) is 12.7. The second kappa shape index (κ2) is 7.41. The molecule has 0 saturated carbocycles. The average Bonchev–Trinajstić information content (AvgIpc) is 3.01. The number of rotatable bonds is 7. The van der Waals surface area contributed by atoms with Gasteiger partial charge in [-0.05, 0) is 29.8 Å². The molecule has 0 aliphatic carbocycles. The number of ether oxygens (including phenoxy) is 1. The minimum Gasteiger partial charge on any atom is -0.484 e. The number of thiophene rings is 1. The summed E-state index contributed by atoms with van der Waals surface area (Å²) in [5.74, 6) is 0.404. The molecule has 0 spiro atoms. The summed E-state index contributed by atoms with van der Waals surface area (Å²) in [6.07, 6.45) is 0. The molecule has 7 nitrogen and oxygen atoms in total. The van der Waals surface area contributed by atoms with Gasteiger partial charge in [-0.1, -0.05) is 11.3 Å².